The average molecular weight is 292 g/mol. The van der Waals surface area contributed by atoms with Gasteiger partial charge in [-0.25, -0.2) is 4.68 Å². The summed E-state index contributed by atoms with van der Waals surface area (Å²) in [7, 11) is 0. The fraction of sp³-hybridized carbons (Fsp3) is 0.118. The molecule has 0 radical (unpaired) electrons. The number of hydrogen-bond acceptors (Lipinski definition) is 4. The Morgan fingerprint density at radius 2 is 1.68 bits per heavy atom. The maximum Gasteiger partial charge on any atom is 0.141 e. The van der Waals surface area contributed by atoms with E-state index in [1.54, 1.807) is 10.9 Å². The lowest BCUT2D eigenvalue weighted by molar-refractivity contribution is 0.227. The quantitative estimate of drug-likeness (QED) is 0.678. The molecule has 3 rings (SSSR count). The monoisotopic (exact) mass is 292 g/mol. The molecule has 1 heterocycles. The summed E-state index contributed by atoms with van der Waals surface area (Å²) in [5.74, 6) is 0.831. The Hall–Kier alpha value is -2.95. The largest absolute Gasteiger partial charge is 0.486 e. The summed E-state index contributed by atoms with van der Waals surface area (Å²) in [5.41, 5.74) is 2.13. The maximum absolute atomic E-state index is 5.94. The Morgan fingerprint density at radius 1 is 1.00 bits per heavy atom. The molecule has 0 bridgehead atoms. The molecular weight excluding hydrogens is 276 g/mol. The lowest BCUT2D eigenvalue weighted by Crippen LogP contribution is -2.02. The molecule has 0 aliphatic carbocycles. The molecule has 0 amide bonds. The van der Waals surface area contributed by atoms with Crippen molar-refractivity contribution < 1.29 is 4.74 Å². The molecular formula is C17H16N4O. The molecule has 5 heteroatoms. The van der Waals surface area contributed by atoms with Gasteiger partial charge in [-0.15, -0.1) is 10.2 Å². The van der Waals surface area contributed by atoms with Crippen molar-refractivity contribution in [3.63, 3.8) is 0 Å². The second-order valence-electron chi connectivity index (χ2n) is 4.83. The van der Waals surface area contributed by atoms with Gasteiger partial charge in [0.2, 0.25) is 0 Å². The Labute approximate surface area is 128 Å². The van der Waals surface area contributed by atoms with Gasteiger partial charge >= 0.3 is 0 Å². The molecule has 1 atom stereocenters. The van der Waals surface area contributed by atoms with E-state index in [0.29, 0.717) is 0 Å². The van der Waals surface area contributed by atoms with E-state index in [1.807, 2.05) is 49.4 Å². The van der Waals surface area contributed by atoms with Gasteiger partial charge in [0.25, 0.3) is 0 Å². The van der Waals surface area contributed by atoms with Gasteiger partial charge in [0.1, 0.15) is 24.5 Å². The molecule has 0 fully saturated rings. The van der Waals surface area contributed by atoms with Gasteiger partial charge in [0.05, 0.1) is 6.21 Å². The fourth-order valence-electron chi connectivity index (χ4n) is 2.02. The third-order valence-electron chi connectivity index (χ3n) is 3.21. The van der Waals surface area contributed by atoms with Gasteiger partial charge in [0, 0.05) is 0 Å². The zero-order valence-electron chi connectivity index (χ0n) is 12.2. The molecule has 0 aliphatic heterocycles. The molecule has 1 aromatic heterocycles. The first-order chi connectivity index (χ1) is 10.8. The van der Waals surface area contributed by atoms with E-state index < -0.39 is 0 Å². The van der Waals surface area contributed by atoms with Crippen molar-refractivity contribution in [1.82, 2.24) is 14.9 Å². The summed E-state index contributed by atoms with van der Waals surface area (Å²) >= 11 is 0. The van der Waals surface area contributed by atoms with Crippen LogP contribution in [0.1, 0.15) is 24.2 Å². The summed E-state index contributed by atoms with van der Waals surface area (Å²) in [6, 6.07) is 17.9. The number of benzene rings is 2. The first kappa shape index (κ1) is 14.0. The van der Waals surface area contributed by atoms with Gasteiger partial charge in [-0.3, -0.25) is 0 Å². The minimum absolute atomic E-state index is 0.0118. The molecule has 0 N–H and O–H groups in total. The highest BCUT2D eigenvalue weighted by Gasteiger charge is 2.06. The Bertz CT molecular complexity index is 721. The van der Waals surface area contributed by atoms with E-state index in [1.165, 1.54) is 12.7 Å². The SMILES string of the molecule is C[C@H](Oc1ccc(/C=N\n2cnnc2)cc1)c1ccccc1. The number of nitrogens with zero attached hydrogens (tertiary/aromatic N) is 4. The van der Waals surface area contributed by atoms with Crippen LogP contribution in [0.2, 0.25) is 0 Å². The van der Waals surface area contributed by atoms with E-state index in [0.717, 1.165) is 16.9 Å². The van der Waals surface area contributed by atoms with Crippen LogP contribution in [0.25, 0.3) is 0 Å². The molecule has 0 spiro atoms. The van der Waals surface area contributed by atoms with E-state index in [2.05, 4.69) is 27.4 Å². The Balaban J connectivity index is 1.64. The lowest BCUT2D eigenvalue weighted by Gasteiger charge is -2.15. The van der Waals surface area contributed by atoms with Crippen molar-refractivity contribution in [1.29, 1.82) is 0 Å². The van der Waals surface area contributed by atoms with E-state index in [-0.39, 0.29) is 6.10 Å². The summed E-state index contributed by atoms with van der Waals surface area (Å²) in [6.07, 6.45) is 4.83. The van der Waals surface area contributed by atoms with Crippen LogP contribution in [0.15, 0.2) is 72.4 Å². The molecule has 22 heavy (non-hydrogen) atoms. The van der Waals surface area contributed by atoms with Crippen LogP contribution in [0.5, 0.6) is 5.75 Å². The van der Waals surface area contributed by atoms with Crippen LogP contribution in [0, 0.1) is 0 Å². The molecule has 0 saturated heterocycles. The van der Waals surface area contributed by atoms with E-state index >= 15 is 0 Å². The highest BCUT2D eigenvalue weighted by molar-refractivity contribution is 5.79. The van der Waals surface area contributed by atoms with Crippen molar-refractivity contribution in [2.24, 2.45) is 5.10 Å². The third-order valence-corrected chi connectivity index (χ3v) is 3.21. The van der Waals surface area contributed by atoms with Crippen molar-refractivity contribution in [2.75, 3.05) is 0 Å². The lowest BCUT2D eigenvalue weighted by atomic mass is 10.1. The number of hydrogen-bond donors (Lipinski definition) is 0. The molecule has 3 aromatic rings. The zero-order valence-corrected chi connectivity index (χ0v) is 12.2. The first-order valence-electron chi connectivity index (χ1n) is 7.02. The summed E-state index contributed by atoms with van der Waals surface area (Å²) in [6.45, 7) is 2.04. The van der Waals surface area contributed by atoms with Crippen LogP contribution in [-0.2, 0) is 0 Å². The van der Waals surface area contributed by atoms with Gasteiger partial charge in [-0.2, -0.15) is 5.10 Å². The third kappa shape index (κ3) is 3.58. The smallest absolute Gasteiger partial charge is 0.141 e. The molecule has 0 aliphatic rings. The van der Waals surface area contributed by atoms with Crippen LogP contribution >= 0.6 is 0 Å². The van der Waals surface area contributed by atoms with E-state index in [4.69, 9.17) is 4.74 Å². The zero-order chi connectivity index (χ0) is 15.2. The standard InChI is InChI=1S/C17H16N4O/c1-14(16-5-3-2-4-6-16)22-17-9-7-15(8-10-17)11-20-21-12-18-19-13-21/h2-14H,1H3/b20-11-/t14-/m0/s1. The van der Waals surface area contributed by atoms with Crippen molar-refractivity contribution in [2.45, 2.75) is 13.0 Å². The van der Waals surface area contributed by atoms with Gasteiger partial charge in [-0.1, -0.05) is 30.3 Å². The van der Waals surface area contributed by atoms with Crippen LogP contribution in [-0.4, -0.2) is 21.1 Å². The van der Waals surface area contributed by atoms with Crippen molar-refractivity contribution in [3.05, 3.63) is 78.4 Å². The summed E-state index contributed by atoms with van der Waals surface area (Å²) < 4.78 is 7.48. The fourth-order valence-corrected chi connectivity index (χ4v) is 2.02. The average Bonchev–Trinajstić information content (AvgIpc) is 3.08. The molecule has 110 valence electrons. The predicted molar refractivity (Wildman–Crippen MR) is 84.9 cm³/mol. The topological polar surface area (TPSA) is 52.3 Å². The molecule has 5 nitrogen and oxygen atoms in total. The minimum Gasteiger partial charge on any atom is -0.486 e. The normalized spacial score (nSPS) is 12.4. The highest BCUT2D eigenvalue weighted by atomic mass is 16.5. The second kappa shape index (κ2) is 6.67. The maximum atomic E-state index is 5.94. The van der Waals surface area contributed by atoms with Crippen LogP contribution in [0.4, 0.5) is 0 Å². The highest BCUT2D eigenvalue weighted by Crippen LogP contribution is 2.21. The van der Waals surface area contributed by atoms with Crippen molar-refractivity contribution in [3.8, 4) is 5.75 Å². The number of ether oxygens (including phenoxy) is 1. The minimum atomic E-state index is 0.0118. The number of rotatable bonds is 5. The molecule has 0 saturated carbocycles. The Kier molecular flexibility index (Phi) is 4.25. The van der Waals surface area contributed by atoms with Crippen molar-refractivity contribution >= 4 is 6.21 Å². The van der Waals surface area contributed by atoms with Gasteiger partial charge in [0.15, 0.2) is 0 Å². The van der Waals surface area contributed by atoms with Gasteiger partial charge < -0.3 is 4.74 Å². The van der Waals surface area contributed by atoms with Crippen LogP contribution in [0.3, 0.4) is 0 Å². The van der Waals surface area contributed by atoms with E-state index in [9.17, 15) is 0 Å². The number of aromatic nitrogens is 3. The molecule has 0 unspecified atom stereocenters. The summed E-state index contributed by atoms with van der Waals surface area (Å²) in [5, 5.41) is 11.6. The molecule has 2 aromatic carbocycles. The van der Waals surface area contributed by atoms with Crippen LogP contribution < -0.4 is 4.74 Å². The van der Waals surface area contributed by atoms with Gasteiger partial charge in [-0.05, 0) is 42.3 Å². The Morgan fingerprint density at radius 3 is 2.36 bits per heavy atom. The predicted octanol–water partition coefficient (Wildman–Crippen LogP) is 3.30. The first-order valence-corrected chi connectivity index (χ1v) is 7.02. The summed E-state index contributed by atoms with van der Waals surface area (Å²) in [4.78, 5) is 0. The second-order valence-corrected chi connectivity index (χ2v) is 4.83.